The molecule has 0 aromatic rings. The summed E-state index contributed by atoms with van der Waals surface area (Å²) in [6.45, 7) is 3.10. The molecule has 0 radical (unpaired) electrons. The molecule has 5 heteroatoms. The quantitative estimate of drug-likeness (QED) is 0.658. The number of hydrogen-bond acceptors (Lipinski definition) is 3. The van der Waals surface area contributed by atoms with E-state index in [-0.39, 0.29) is 11.8 Å². The Balaban J connectivity index is 1.91. The van der Waals surface area contributed by atoms with Crippen LogP contribution in [-0.2, 0) is 14.8 Å². The molecule has 0 amide bonds. The summed E-state index contributed by atoms with van der Waals surface area (Å²) < 4.78 is 30.1. The molecule has 0 spiro atoms. The maximum absolute atomic E-state index is 11.1. The molecule has 1 saturated heterocycles. The Morgan fingerprint density at radius 1 is 1.42 bits per heavy atom. The van der Waals surface area contributed by atoms with Crippen molar-refractivity contribution in [2.45, 2.75) is 13.0 Å². The van der Waals surface area contributed by atoms with Gasteiger partial charge < -0.3 is 4.74 Å². The highest BCUT2D eigenvalue weighted by Crippen LogP contribution is 2.44. The van der Waals surface area contributed by atoms with Crippen LogP contribution in [0.25, 0.3) is 0 Å². The van der Waals surface area contributed by atoms with Crippen molar-refractivity contribution >= 4 is 10.0 Å². The largest absolute Gasteiger partial charge is 0.381 e. The highest BCUT2D eigenvalue weighted by Gasteiger charge is 2.55. The molecule has 1 heterocycles. The van der Waals surface area contributed by atoms with Gasteiger partial charge in [0.1, 0.15) is 0 Å². The molecule has 0 bridgehead atoms. The third-order valence-electron chi connectivity index (χ3n) is 2.65. The lowest BCUT2D eigenvalue weighted by Crippen LogP contribution is -2.31. The minimum atomic E-state index is -3.00. The molecule has 1 aliphatic heterocycles. The van der Waals surface area contributed by atoms with Gasteiger partial charge in [-0.15, -0.1) is 0 Å². The lowest BCUT2D eigenvalue weighted by Gasteiger charge is -2.05. The van der Waals surface area contributed by atoms with Crippen LogP contribution >= 0.6 is 0 Å². The fourth-order valence-electron chi connectivity index (χ4n) is 1.71. The van der Waals surface area contributed by atoms with Crippen molar-refractivity contribution < 1.29 is 13.2 Å². The van der Waals surface area contributed by atoms with Crippen molar-refractivity contribution in [2.24, 2.45) is 11.8 Å². The van der Waals surface area contributed by atoms with Gasteiger partial charge in [-0.2, -0.15) is 0 Å². The van der Waals surface area contributed by atoms with E-state index in [1.165, 1.54) is 0 Å². The standard InChI is InChI=1S/C7H13NO3S/c1-2-12(9,10)8-7-5-3-11-4-6(5)7/h5-8H,2-4H2,1H3/t5-,6+,7?. The van der Waals surface area contributed by atoms with Gasteiger partial charge in [-0.3, -0.25) is 0 Å². The number of nitrogens with one attached hydrogen (secondary N) is 1. The maximum Gasteiger partial charge on any atom is 0.211 e. The van der Waals surface area contributed by atoms with E-state index < -0.39 is 10.0 Å². The Bertz CT molecular complexity index is 264. The van der Waals surface area contributed by atoms with Crippen molar-refractivity contribution in [1.29, 1.82) is 0 Å². The zero-order chi connectivity index (χ0) is 8.77. The summed E-state index contributed by atoms with van der Waals surface area (Å²) in [5, 5.41) is 0. The maximum atomic E-state index is 11.1. The minimum absolute atomic E-state index is 0.170. The monoisotopic (exact) mass is 191 g/mol. The Morgan fingerprint density at radius 3 is 2.50 bits per heavy atom. The van der Waals surface area contributed by atoms with Gasteiger partial charge in [-0.25, -0.2) is 13.1 Å². The Hall–Kier alpha value is -0.130. The summed E-state index contributed by atoms with van der Waals surface area (Å²) in [7, 11) is -3.00. The zero-order valence-electron chi connectivity index (χ0n) is 6.99. The molecule has 1 saturated carbocycles. The van der Waals surface area contributed by atoms with Gasteiger partial charge in [0.2, 0.25) is 10.0 Å². The first-order valence-corrected chi connectivity index (χ1v) is 5.87. The normalized spacial score (nSPS) is 39.6. The van der Waals surface area contributed by atoms with Crippen LogP contribution in [0, 0.1) is 11.8 Å². The third-order valence-corrected chi connectivity index (χ3v) is 4.04. The lowest BCUT2D eigenvalue weighted by molar-refractivity contribution is 0.159. The number of hydrogen-bond donors (Lipinski definition) is 1. The fraction of sp³-hybridized carbons (Fsp3) is 1.00. The van der Waals surface area contributed by atoms with Crippen molar-refractivity contribution in [3.8, 4) is 0 Å². The van der Waals surface area contributed by atoms with Gasteiger partial charge in [-0.1, -0.05) is 0 Å². The lowest BCUT2D eigenvalue weighted by atomic mass is 10.4. The van der Waals surface area contributed by atoms with Gasteiger partial charge in [0.05, 0.1) is 19.0 Å². The topological polar surface area (TPSA) is 55.4 Å². The summed E-state index contributed by atoms with van der Waals surface area (Å²) in [5.41, 5.74) is 0. The first kappa shape index (κ1) is 8.47. The second-order valence-corrected chi connectivity index (χ2v) is 5.45. The molecular formula is C7H13NO3S. The molecular weight excluding hydrogens is 178 g/mol. The molecule has 1 N–H and O–H groups in total. The van der Waals surface area contributed by atoms with E-state index in [2.05, 4.69) is 4.72 Å². The summed E-state index contributed by atoms with van der Waals surface area (Å²) in [5.74, 6) is 1.07. The van der Waals surface area contributed by atoms with E-state index in [9.17, 15) is 8.42 Å². The molecule has 2 aliphatic rings. The van der Waals surface area contributed by atoms with E-state index in [1.807, 2.05) is 0 Å². The van der Waals surface area contributed by atoms with Crippen molar-refractivity contribution in [3.05, 3.63) is 0 Å². The summed E-state index contributed by atoms with van der Waals surface area (Å²) in [4.78, 5) is 0. The van der Waals surface area contributed by atoms with E-state index in [4.69, 9.17) is 4.74 Å². The van der Waals surface area contributed by atoms with Crippen molar-refractivity contribution in [1.82, 2.24) is 4.72 Å². The van der Waals surface area contributed by atoms with Gasteiger partial charge in [0.15, 0.2) is 0 Å². The smallest absolute Gasteiger partial charge is 0.211 e. The van der Waals surface area contributed by atoms with Crippen LogP contribution in [0.1, 0.15) is 6.92 Å². The summed E-state index contributed by atoms with van der Waals surface area (Å²) >= 11 is 0. The van der Waals surface area contributed by atoms with Crippen molar-refractivity contribution in [3.63, 3.8) is 0 Å². The second-order valence-electron chi connectivity index (χ2n) is 3.41. The van der Waals surface area contributed by atoms with Crippen LogP contribution in [0.15, 0.2) is 0 Å². The van der Waals surface area contributed by atoms with Crippen LogP contribution in [0.4, 0.5) is 0 Å². The van der Waals surface area contributed by atoms with E-state index >= 15 is 0 Å². The van der Waals surface area contributed by atoms with E-state index in [1.54, 1.807) is 6.92 Å². The molecule has 1 unspecified atom stereocenters. The molecule has 2 fully saturated rings. The van der Waals surface area contributed by atoms with E-state index in [0.29, 0.717) is 11.8 Å². The molecule has 1 aliphatic carbocycles. The predicted molar refractivity (Wildman–Crippen MR) is 44.2 cm³/mol. The van der Waals surface area contributed by atoms with Crippen LogP contribution < -0.4 is 4.72 Å². The first-order chi connectivity index (χ1) is 5.64. The molecule has 0 aromatic heterocycles. The average Bonchev–Trinajstić information content (AvgIpc) is 2.51. The highest BCUT2D eigenvalue weighted by atomic mass is 32.2. The SMILES string of the molecule is CCS(=O)(=O)NC1[C@H]2COC[C@@H]12. The Kier molecular flexibility index (Phi) is 1.89. The van der Waals surface area contributed by atoms with Crippen LogP contribution in [0.2, 0.25) is 0 Å². The molecule has 70 valence electrons. The van der Waals surface area contributed by atoms with E-state index in [0.717, 1.165) is 13.2 Å². The first-order valence-electron chi connectivity index (χ1n) is 4.22. The average molecular weight is 191 g/mol. The minimum Gasteiger partial charge on any atom is -0.381 e. The van der Waals surface area contributed by atoms with Crippen LogP contribution in [0.3, 0.4) is 0 Å². The van der Waals surface area contributed by atoms with Crippen LogP contribution in [-0.4, -0.2) is 33.4 Å². The van der Waals surface area contributed by atoms with Crippen LogP contribution in [0.5, 0.6) is 0 Å². The third kappa shape index (κ3) is 1.36. The number of fused-ring (bicyclic) bond motifs is 1. The summed E-state index contributed by atoms with van der Waals surface area (Å²) in [6.07, 6.45) is 0. The predicted octanol–water partition coefficient (Wildman–Crippen LogP) is -0.429. The number of ether oxygens (including phenoxy) is 1. The van der Waals surface area contributed by atoms with Gasteiger partial charge >= 0.3 is 0 Å². The van der Waals surface area contributed by atoms with Gasteiger partial charge in [0.25, 0.3) is 0 Å². The summed E-state index contributed by atoms with van der Waals surface area (Å²) in [6, 6.07) is 0.170. The van der Waals surface area contributed by atoms with Gasteiger partial charge in [0, 0.05) is 17.9 Å². The fourth-order valence-corrected chi connectivity index (χ4v) is 2.64. The second kappa shape index (κ2) is 2.68. The number of rotatable bonds is 3. The van der Waals surface area contributed by atoms with Gasteiger partial charge in [-0.05, 0) is 6.92 Å². The Labute approximate surface area is 72.3 Å². The van der Waals surface area contributed by atoms with Crippen molar-refractivity contribution in [2.75, 3.05) is 19.0 Å². The molecule has 4 nitrogen and oxygen atoms in total. The molecule has 0 aromatic carbocycles. The number of sulfonamides is 1. The highest BCUT2D eigenvalue weighted by molar-refractivity contribution is 7.89. The Morgan fingerprint density at radius 2 is 2.00 bits per heavy atom. The molecule has 12 heavy (non-hydrogen) atoms. The zero-order valence-corrected chi connectivity index (χ0v) is 7.80. The molecule has 3 atom stereocenters. The molecule has 2 rings (SSSR count).